The van der Waals surface area contributed by atoms with E-state index in [1.807, 2.05) is 4.90 Å². The van der Waals surface area contributed by atoms with Gasteiger partial charge in [0.15, 0.2) is 0 Å². The molecule has 0 radical (unpaired) electrons. The van der Waals surface area contributed by atoms with E-state index in [4.69, 9.17) is 4.74 Å². The van der Waals surface area contributed by atoms with Gasteiger partial charge in [0, 0.05) is 18.5 Å². The number of ether oxygens (including phenoxy) is 1. The summed E-state index contributed by atoms with van der Waals surface area (Å²) in [7, 11) is 0. The van der Waals surface area contributed by atoms with Gasteiger partial charge in [0.05, 0.1) is 0 Å². The summed E-state index contributed by atoms with van der Waals surface area (Å²) >= 11 is 0. The first kappa shape index (κ1) is 23.1. The number of carbonyl (C=O) groups is 1. The lowest BCUT2D eigenvalue weighted by Crippen LogP contribution is -2.39. The van der Waals surface area contributed by atoms with Crippen molar-refractivity contribution in [3.05, 3.63) is 59.7 Å². The monoisotopic (exact) mass is 471 g/mol. The van der Waals surface area contributed by atoms with Crippen LogP contribution in [0.25, 0.3) is 11.1 Å². The predicted molar refractivity (Wildman–Crippen MR) is 141 cm³/mol. The molecule has 5 aliphatic rings. The van der Waals surface area contributed by atoms with Crippen LogP contribution in [0.3, 0.4) is 0 Å². The van der Waals surface area contributed by atoms with Gasteiger partial charge in [0.25, 0.3) is 0 Å². The molecule has 0 spiro atoms. The van der Waals surface area contributed by atoms with Crippen molar-refractivity contribution in [1.29, 1.82) is 0 Å². The third-order valence-corrected chi connectivity index (χ3v) is 9.14. The van der Waals surface area contributed by atoms with Crippen LogP contribution in [-0.2, 0) is 4.74 Å². The lowest BCUT2D eigenvalue weighted by molar-refractivity contribution is 0.0833. The van der Waals surface area contributed by atoms with Crippen LogP contribution in [0.15, 0.2) is 48.5 Å². The summed E-state index contributed by atoms with van der Waals surface area (Å²) < 4.78 is 5.86. The fraction of sp³-hybridized carbons (Fsp3) is 0.594. The highest BCUT2D eigenvalue weighted by Crippen LogP contribution is 2.45. The Balaban J connectivity index is 0.000000212. The molecule has 0 bridgehead atoms. The Kier molecular flexibility index (Phi) is 6.85. The van der Waals surface area contributed by atoms with Crippen LogP contribution >= 0.6 is 0 Å². The van der Waals surface area contributed by atoms with Gasteiger partial charge in [-0.1, -0.05) is 99.9 Å². The van der Waals surface area contributed by atoms with Crippen LogP contribution in [0.4, 0.5) is 4.79 Å². The summed E-state index contributed by atoms with van der Waals surface area (Å²) in [6.07, 6.45) is 16.8. The number of hydrogen-bond donors (Lipinski definition) is 0. The summed E-state index contributed by atoms with van der Waals surface area (Å²) in [5.74, 6) is 3.17. The van der Waals surface area contributed by atoms with Crippen LogP contribution in [0.2, 0.25) is 0 Å². The second-order valence-corrected chi connectivity index (χ2v) is 11.8. The molecular formula is C32H41NO2. The zero-order chi connectivity index (χ0) is 23.6. The van der Waals surface area contributed by atoms with Crippen molar-refractivity contribution in [3.63, 3.8) is 0 Å². The van der Waals surface area contributed by atoms with Crippen molar-refractivity contribution < 1.29 is 9.53 Å². The predicted octanol–water partition coefficient (Wildman–Crippen LogP) is 8.18. The number of benzene rings is 2. The van der Waals surface area contributed by atoms with Crippen LogP contribution < -0.4 is 0 Å². The molecule has 0 heterocycles. The van der Waals surface area contributed by atoms with E-state index in [1.165, 1.54) is 53.9 Å². The topological polar surface area (TPSA) is 29.5 Å². The normalized spacial score (nSPS) is 21.1. The molecule has 7 rings (SSSR count). The molecule has 2 aromatic rings. The molecular weight excluding hydrogens is 430 g/mol. The first-order valence-electron chi connectivity index (χ1n) is 14.4. The first-order chi connectivity index (χ1) is 17.3. The Morgan fingerprint density at radius 2 is 1.26 bits per heavy atom. The van der Waals surface area contributed by atoms with E-state index in [9.17, 15) is 4.79 Å². The Labute approximate surface area is 211 Å². The SMILES string of the molecule is C1CC(CCC2CC2)C1.O=C(OCC1c2ccccc2-c2ccccc21)N(CC1CCC1)C1CC1. The van der Waals surface area contributed by atoms with E-state index in [0.717, 1.165) is 25.3 Å². The molecule has 0 atom stereocenters. The van der Waals surface area contributed by atoms with E-state index >= 15 is 0 Å². The minimum Gasteiger partial charge on any atom is -0.448 e. The number of hydrogen-bond acceptors (Lipinski definition) is 2. The second kappa shape index (κ2) is 10.4. The van der Waals surface area contributed by atoms with Crippen LogP contribution in [0.1, 0.15) is 94.1 Å². The average molecular weight is 472 g/mol. The summed E-state index contributed by atoms with van der Waals surface area (Å²) in [4.78, 5) is 14.8. The van der Waals surface area contributed by atoms with Gasteiger partial charge in [0.1, 0.15) is 6.61 Å². The van der Waals surface area contributed by atoms with Gasteiger partial charge in [-0.15, -0.1) is 0 Å². The second-order valence-electron chi connectivity index (χ2n) is 11.8. The van der Waals surface area contributed by atoms with Gasteiger partial charge in [-0.25, -0.2) is 4.79 Å². The summed E-state index contributed by atoms with van der Waals surface area (Å²) in [6.45, 7) is 1.32. The third kappa shape index (κ3) is 5.44. The van der Waals surface area contributed by atoms with Crippen molar-refractivity contribution in [2.24, 2.45) is 17.8 Å². The van der Waals surface area contributed by atoms with Crippen molar-refractivity contribution in [2.45, 2.75) is 89.0 Å². The van der Waals surface area contributed by atoms with E-state index in [-0.39, 0.29) is 12.0 Å². The maximum absolute atomic E-state index is 12.8. The largest absolute Gasteiger partial charge is 0.448 e. The molecule has 5 aliphatic carbocycles. The lowest BCUT2D eigenvalue weighted by Gasteiger charge is -2.32. The molecule has 0 aromatic heterocycles. The van der Waals surface area contributed by atoms with Crippen molar-refractivity contribution in [3.8, 4) is 11.1 Å². The van der Waals surface area contributed by atoms with Gasteiger partial charge >= 0.3 is 6.09 Å². The molecule has 35 heavy (non-hydrogen) atoms. The van der Waals surface area contributed by atoms with Crippen molar-refractivity contribution >= 4 is 6.09 Å². The van der Waals surface area contributed by atoms with Gasteiger partial charge in [-0.3, -0.25) is 0 Å². The van der Waals surface area contributed by atoms with Crippen molar-refractivity contribution in [2.75, 3.05) is 13.2 Å². The highest BCUT2D eigenvalue weighted by atomic mass is 16.6. The lowest BCUT2D eigenvalue weighted by atomic mass is 9.82. The molecule has 1 amide bonds. The number of amides is 1. The van der Waals surface area contributed by atoms with E-state index in [2.05, 4.69) is 48.5 Å². The Hall–Kier alpha value is -2.29. The molecule has 0 aliphatic heterocycles. The minimum absolute atomic E-state index is 0.110. The highest BCUT2D eigenvalue weighted by molar-refractivity contribution is 5.79. The van der Waals surface area contributed by atoms with Crippen LogP contribution in [0, 0.1) is 17.8 Å². The van der Waals surface area contributed by atoms with Crippen molar-refractivity contribution in [1.82, 2.24) is 4.90 Å². The molecule has 3 heteroatoms. The molecule has 0 saturated heterocycles. The van der Waals surface area contributed by atoms with Gasteiger partial charge in [-0.05, 0) is 65.7 Å². The molecule has 4 fully saturated rings. The summed E-state index contributed by atoms with van der Waals surface area (Å²) in [6, 6.07) is 17.4. The average Bonchev–Trinajstić information content (AvgIpc) is 3.75. The molecule has 2 aromatic carbocycles. The van der Waals surface area contributed by atoms with E-state index in [1.54, 1.807) is 38.5 Å². The molecule has 4 saturated carbocycles. The number of carbonyl (C=O) groups excluding carboxylic acids is 1. The van der Waals surface area contributed by atoms with E-state index < -0.39 is 0 Å². The highest BCUT2D eigenvalue weighted by Gasteiger charge is 2.37. The van der Waals surface area contributed by atoms with E-state index in [0.29, 0.717) is 18.6 Å². The first-order valence-corrected chi connectivity index (χ1v) is 14.4. The number of rotatable bonds is 8. The Morgan fingerprint density at radius 3 is 1.74 bits per heavy atom. The zero-order valence-corrected chi connectivity index (χ0v) is 21.2. The van der Waals surface area contributed by atoms with Crippen LogP contribution in [0.5, 0.6) is 0 Å². The Morgan fingerprint density at radius 1 is 0.714 bits per heavy atom. The molecule has 0 N–H and O–H groups in total. The quantitative estimate of drug-likeness (QED) is 0.388. The maximum Gasteiger partial charge on any atom is 0.410 e. The molecule has 186 valence electrons. The number of fused-ring (bicyclic) bond motifs is 3. The Bertz CT molecular complexity index is 970. The maximum atomic E-state index is 12.8. The zero-order valence-electron chi connectivity index (χ0n) is 21.2. The fourth-order valence-electron chi connectivity index (χ4n) is 6.05. The third-order valence-electron chi connectivity index (χ3n) is 9.14. The molecule has 3 nitrogen and oxygen atoms in total. The standard InChI is InChI=1S/C23H25NO2.C9H16/c25-23(24(17-12-13-17)14-16-6-5-7-16)26-15-22-20-10-3-1-8-18(20)19-9-2-4-11-21(19)22;1-2-8(3-1)4-5-9-6-7-9/h1-4,8-11,16-17,22H,5-7,12-15H2;8-9H,1-7H2. The van der Waals surface area contributed by atoms with Gasteiger partial charge in [0.2, 0.25) is 0 Å². The summed E-state index contributed by atoms with van der Waals surface area (Å²) in [5.41, 5.74) is 5.10. The smallest absolute Gasteiger partial charge is 0.410 e. The molecule has 0 unspecified atom stereocenters. The van der Waals surface area contributed by atoms with Crippen LogP contribution in [-0.4, -0.2) is 30.2 Å². The summed E-state index contributed by atoms with van der Waals surface area (Å²) in [5, 5.41) is 0. The fourth-order valence-corrected chi connectivity index (χ4v) is 6.05. The van der Waals surface area contributed by atoms with Gasteiger partial charge < -0.3 is 9.64 Å². The van der Waals surface area contributed by atoms with Gasteiger partial charge in [-0.2, -0.15) is 0 Å². The minimum atomic E-state index is -0.110. The number of nitrogens with zero attached hydrogens (tertiary/aromatic N) is 1.